The second-order valence-corrected chi connectivity index (χ2v) is 11.1. The maximum absolute atomic E-state index is 2.54. The van der Waals surface area contributed by atoms with Gasteiger partial charge in [0.25, 0.3) is 0 Å². The molecule has 206 valence electrons. The minimum Gasteiger partial charge on any atom is -0.308 e. The highest BCUT2D eigenvalue weighted by Gasteiger charge is 2.13. The quantitative estimate of drug-likeness (QED) is 0.0931. The summed E-state index contributed by atoms with van der Waals surface area (Å²) in [5.74, 6) is 1.52. The molecule has 0 aromatic heterocycles. The van der Waals surface area contributed by atoms with Crippen LogP contribution in [-0.2, 0) is 0 Å². The van der Waals surface area contributed by atoms with Crippen molar-refractivity contribution >= 4 is 0 Å². The molecule has 2 nitrogen and oxygen atoms in total. The summed E-state index contributed by atoms with van der Waals surface area (Å²) in [6.45, 7) is 10.6. The van der Waals surface area contributed by atoms with Gasteiger partial charge in [0.05, 0.1) is 0 Å². The van der Waals surface area contributed by atoms with E-state index in [1.165, 1.54) is 109 Å². The van der Waals surface area contributed by atoms with Gasteiger partial charge in [0.15, 0.2) is 0 Å². The lowest BCUT2D eigenvalue weighted by molar-refractivity contribution is 0.256. The van der Waals surface area contributed by atoms with E-state index in [0.717, 1.165) is 24.9 Å². The highest BCUT2D eigenvalue weighted by atomic mass is 15.1. The number of hydrogen-bond donors (Lipinski definition) is 0. The van der Waals surface area contributed by atoms with Crippen molar-refractivity contribution in [2.45, 2.75) is 124 Å². The first-order chi connectivity index (χ1) is 17.0. The summed E-state index contributed by atoms with van der Waals surface area (Å²) in [6.07, 6.45) is 35.7. The average Bonchev–Trinajstić information content (AvgIpc) is 2.85. The molecule has 0 aliphatic rings. The zero-order chi connectivity index (χ0) is 26.0. The van der Waals surface area contributed by atoms with Gasteiger partial charge in [-0.3, -0.25) is 0 Å². The molecule has 2 atom stereocenters. The van der Waals surface area contributed by atoms with Crippen molar-refractivity contribution in [2.75, 3.05) is 40.8 Å². The van der Waals surface area contributed by atoms with Crippen LogP contribution >= 0.6 is 0 Å². The van der Waals surface area contributed by atoms with Crippen LogP contribution in [0.15, 0.2) is 36.5 Å². The molecule has 0 spiro atoms. The van der Waals surface area contributed by atoms with E-state index in [9.17, 15) is 0 Å². The second-order valence-electron chi connectivity index (χ2n) is 11.1. The van der Waals surface area contributed by atoms with Gasteiger partial charge in [-0.25, -0.2) is 0 Å². The second kappa shape index (κ2) is 26.2. The van der Waals surface area contributed by atoms with E-state index in [1.807, 2.05) is 0 Å². The van der Waals surface area contributed by atoms with Crippen LogP contribution in [0.3, 0.4) is 0 Å². The molecule has 0 heterocycles. The lowest BCUT2D eigenvalue weighted by Gasteiger charge is -2.24. The summed E-state index contributed by atoms with van der Waals surface area (Å²) in [4.78, 5) is 4.77. The van der Waals surface area contributed by atoms with E-state index in [4.69, 9.17) is 0 Å². The zero-order valence-corrected chi connectivity index (χ0v) is 24.9. The number of allylic oxidation sites excluding steroid dienone is 6. The SMILES string of the molecule is CCCCCC/C=C\CC/C=C\CCCCCCC/C=C/C(CCN(C)CCN(C)C)C(C)CC. The zero-order valence-electron chi connectivity index (χ0n) is 24.9. The Morgan fingerprint density at radius 3 is 1.63 bits per heavy atom. The molecule has 0 saturated heterocycles. The molecule has 0 saturated carbocycles. The van der Waals surface area contributed by atoms with Crippen molar-refractivity contribution < 1.29 is 0 Å². The summed E-state index contributed by atoms with van der Waals surface area (Å²) >= 11 is 0. The molecule has 0 aromatic rings. The van der Waals surface area contributed by atoms with Gasteiger partial charge in [0.2, 0.25) is 0 Å². The third-order valence-electron chi connectivity index (χ3n) is 7.33. The van der Waals surface area contributed by atoms with E-state index >= 15 is 0 Å². The van der Waals surface area contributed by atoms with Crippen LogP contribution in [-0.4, -0.2) is 50.6 Å². The van der Waals surface area contributed by atoms with E-state index < -0.39 is 0 Å². The first kappa shape index (κ1) is 34.1. The fourth-order valence-electron chi connectivity index (χ4n) is 4.40. The molecule has 2 heteroatoms. The van der Waals surface area contributed by atoms with Crippen LogP contribution in [0.5, 0.6) is 0 Å². The lowest BCUT2D eigenvalue weighted by atomic mass is 9.88. The number of unbranched alkanes of at least 4 members (excludes halogenated alkanes) is 11. The molecule has 0 rings (SSSR count). The van der Waals surface area contributed by atoms with Gasteiger partial charge in [-0.1, -0.05) is 102 Å². The van der Waals surface area contributed by atoms with Gasteiger partial charge in [0, 0.05) is 13.1 Å². The number of likely N-dealkylation sites (N-methyl/N-ethyl adjacent to an activating group) is 2. The minimum atomic E-state index is 0.731. The van der Waals surface area contributed by atoms with Crippen LogP contribution < -0.4 is 0 Å². The van der Waals surface area contributed by atoms with Crippen molar-refractivity contribution in [3.8, 4) is 0 Å². The monoisotopic (exact) mass is 489 g/mol. The Kier molecular flexibility index (Phi) is 25.6. The standard InChI is InChI=1S/C33H64N2/c1-7-9-10-11-12-13-14-15-16-17-18-19-20-21-22-23-24-25-26-27-33(32(3)8-2)28-29-35(6)31-30-34(4)5/h13-14,17-18,26-27,32-33H,7-12,15-16,19-25,28-31H2,1-6H3/b14-13-,18-17-,27-26+. The van der Waals surface area contributed by atoms with Gasteiger partial charge in [-0.15, -0.1) is 0 Å². The molecule has 0 aliphatic carbocycles. The Balaban J connectivity index is 3.73. The topological polar surface area (TPSA) is 6.48 Å². The van der Waals surface area contributed by atoms with Crippen molar-refractivity contribution in [2.24, 2.45) is 11.8 Å². The first-order valence-electron chi connectivity index (χ1n) is 15.3. The molecule has 0 amide bonds. The fourth-order valence-corrected chi connectivity index (χ4v) is 4.40. The molecule has 0 radical (unpaired) electrons. The Bertz CT molecular complexity index is 505. The minimum absolute atomic E-state index is 0.731. The Labute approximate surface area is 222 Å². The summed E-state index contributed by atoms with van der Waals surface area (Å²) < 4.78 is 0. The molecular formula is C33H64N2. The third-order valence-corrected chi connectivity index (χ3v) is 7.33. The van der Waals surface area contributed by atoms with Crippen LogP contribution in [0.25, 0.3) is 0 Å². The summed E-state index contributed by atoms with van der Waals surface area (Å²) in [5, 5.41) is 0. The molecule has 2 unspecified atom stereocenters. The predicted octanol–water partition coefficient (Wildman–Crippen LogP) is 9.68. The molecule has 0 N–H and O–H groups in total. The molecule has 35 heavy (non-hydrogen) atoms. The molecular weight excluding hydrogens is 424 g/mol. The van der Waals surface area contributed by atoms with E-state index in [1.54, 1.807) is 0 Å². The summed E-state index contributed by atoms with van der Waals surface area (Å²) in [7, 11) is 6.59. The normalized spacial score (nSPS) is 14.4. The Morgan fingerprint density at radius 2 is 1.09 bits per heavy atom. The van der Waals surface area contributed by atoms with Gasteiger partial charge >= 0.3 is 0 Å². The molecule has 0 aliphatic heterocycles. The van der Waals surface area contributed by atoms with Crippen molar-refractivity contribution in [1.29, 1.82) is 0 Å². The van der Waals surface area contributed by atoms with E-state index in [2.05, 4.69) is 88.2 Å². The van der Waals surface area contributed by atoms with Gasteiger partial charge < -0.3 is 9.80 Å². The highest BCUT2D eigenvalue weighted by molar-refractivity contribution is 4.91. The van der Waals surface area contributed by atoms with Crippen molar-refractivity contribution in [3.05, 3.63) is 36.5 Å². The summed E-state index contributed by atoms with van der Waals surface area (Å²) in [6, 6.07) is 0. The first-order valence-corrected chi connectivity index (χ1v) is 15.3. The Morgan fingerprint density at radius 1 is 0.571 bits per heavy atom. The van der Waals surface area contributed by atoms with Crippen LogP contribution in [0.2, 0.25) is 0 Å². The fraction of sp³-hybridized carbons (Fsp3) is 0.818. The summed E-state index contributed by atoms with van der Waals surface area (Å²) in [5.41, 5.74) is 0. The van der Waals surface area contributed by atoms with Crippen LogP contribution in [0.1, 0.15) is 124 Å². The molecule has 0 fully saturated rings. The highest BCUT2D eigenvalue weighted by Crippen LogP contribution is 2.21. The van der Waals surface area contributed by atoms with Crippen molar-refractivity contribution in [3.63, 3.8) is 0 Å². The third kappa shape index (κ3) is 24.6. The van der Waals surface area contributed by atoms with Gasteiger partial charge in [-0.2, -0.15) is 0 Å². The maximum atomic E-state index is 2.54. The number of hydrogen-bond acceptors (Lipinski definition) is 2. The Hall–Kier alpha value is -0.860. The van der Waals surface area contributed by atoms with Gasteiger partial charge in [-0.05, 0) is 97.3 Å². The van der Waals surface area contributed by atoms with Gasteiger partial charge in [0.1, 0.15) is 0 Å². The lowest BCUT2D eigenvalue weighted by Crippen LogP contribution is -2.30. The predicted molar refractivity (Wildman–Crippen MR) is 161 cm³/mol. The maximum Gasteiger partial charge on any atom is 0.0106 e. The van der Waals surface area contributed by atoms with E-state index in [0.29, 0.717) is 0 Å². The number of nitrogens with zero attached hydrogens (tertiary/aromatic N) is 2. The molecule has 0 aromatic carbocycles. The smallest absolute Gasteiger partial charge is 0.0106 e. The van der Waals surface area contributed by atoms with Crippen molar-refractivity contribution in [1.82, 2.24) is 9.80 Å². The van der Waals surface area contributed by atoms with Crippen LogP contribution in [0, 0.1) is 11.8 Å². The number of rotatable bonds is 25. The largest absolute Gasteiger partial charge is 0.308 e. The van der Waals surface area contributed by atoms with E-state index in [-0.39, 0.29) is 0 Å². The van der Waals surface area contributed by atoms with Crippen LogP contribution in [0.4, 0.5) is 0 Å². The molecule has 0 bridgehead atoms. The average molecular weight is 489 g/mol.